The SMILES string of the molecule is CC(Sc1nnc(COc2ccc(C(C)(C)C)cc2)n1N)C(=O)NC1CCCC1. The quantitative estimate of drug-likeness (QED) is 0.529. The van der Waals surface area contributed by atoms with Gasteiger partial charge in [0.2, 0.25) is 11.1 Å². The lowest BCUT2D eigenvalue weighted by molar-refractivity contribution is -0.120. The number of carbonyl (C=O) groups is 1. The highest BCUT2D eigenvalue weighted by Gasteiger charge is 2.23. The van der Waals surface area contributed by atoms with Crippen LogP contribution in [0.5, 0.6) is 5.75 Å². The molecule has 1 atom stereocenters. The summed E-state index contributed by atoms with van der Waals surface area (Å²) in [5.74, 6) is 7.39. The van der Waals surface area contributed by atoms with Gasteiger partial charge in [0.05, 0.1) is 5.25 Å². The highest BCUT2D eigenvalue weighted by molar-refractivity contribution is 8.00. The van der Waals surface area contributed by atoms with Gasteiger partial charge >= 0.3 is 0 Å². The summed E-state index contributed by atoms with van der Waals surface area (Å²) in [5.41, 5.74) is 1.35. The Balaban J connectivity index is 1.54. The molecule has 0 spiro atoms. The molecule has 0 aliphatic heterocycles. The Morgan fingerprint density at radius 2 is 1.93 bits per heavy atom. The van der Waals surface area contributed by atoms with Crippen molar-refractivity contribution in [2.75, 3.05) is 5.84 Å². The van der Waals surface area contributed by atoms with Crippen LogP contribution in [-0.4, -0.2) is 32.1 Å². The Labute approximate surface area is 176 Å². The molecule has 1 aliphatic carbocycles. The number of carbonyl (C=O) groups excluding carboxylic acids is 1. The van der Waals surface area contributed by atoms with Crippen molar-refractivity contribution in [3.05, 3.63) is 35.7 Å². The number of rotatable bonds is 7. The number of aromatic nitrogens is 3. The van der Waals surface area contributed by atoms with E-state index in [1.165, 1.54) is 34.8 Å². The maximum absolute atomic E-state index is 12.4. The lowest BCUT2D eigenvalue weighted by atomic mass is 9.87. The first-order valence-electron chi connectivity index (χ1n) is 10.1. The van der Waals surface area contributed by atoms with E-state index in [9.17, 15) is 4.79 Å². The smallest absolute Gasteiger partial charge is 0.233 e. The highest BCUT2D eigenvalue weighted by Crippen LogP contribution is 2.25. The second-order valence-electron chi connectivity index (χ2n) is 8.58. The van der Waals surface area contributed by atoms with Crippen LogP contribution in [-0.2, 0) is 16.8 Å². The van der Waals surface area contributed by atoms with Crippen LogP contribution in [0.3, 0.4) is 0 Å². The molecular formula is C21H31N5O2S. The van der Waals surface area contributed by atoms with Crippen molar-refractivity contribution in [2.45, 2.75) is 81.8 Å². The van der Waals surface area contributed by atoms with Crippen LogP contribution in [0.2, 0.25) is 0 Å². The van der Waals surface area contributed by atoms with E-state index < -0.39 is 0 Å². The Bertz CT molecular complexity index is 823. The van der Waals surface area contributed by atoms with E-state index in [4.69, 9.17) is 10.6 Å². The molecule has 1 aromatic heterocycles. The van der Waals surface area contributed by atoms with Crippen LogP contribution in [0.25, 0.3) is 0 Å². The van der Waals surface area contributed by atoms with Crippen LogP contribution in [0.15, 0.2) is 29.4 Å². The van der Waals surface area contributed by atoms with Crippen molar-refractivity contribution in [1.82, 2.24) is 20.2 Å². The van der Waals surface area contributed by atoms with Gasteiger partial charge in [-0.15, -0.1) is 10.2 Å². The summed E-state index contributed by atoms with van der Waals surface area (Å²) in [5, 5.41) is 11.5. The van der Waals surface area contributed by atoms with Gasteiger partial charge in [-0.05, 0) is 42.9 Å². The molecule has 1 amide bonds. The fraction of sp³-hybridized carbons (Fsp3) is 0.571. The van der Waals surface area contributed by atoms with Gasteiger partial charge in [0.25, 0.3) is 0 Å². The third-order valence-corrected chi connectivity index (χ3v) is 6.23. The maximum Gasteiger partial charge on any atom is 0.233 e. The van der Waals surface area contributed by atoms with Crippen LogP contribution in [0.4, 0.5) is 0 Å². The lowest BCUT2D eigenvalue weighted by Gasteiger charge is -2.19. The number of amides is 1. The Morgan fingerprint density at radius 3 is 2.55 bits per heavy atom. The highest BCUT2D eigenvalue weighted by atomic mass is 32.2. The van der Waals surface area contributed by atoms with E-state index in [-0.39, 0.29) is 23.2 Å². The fourth-order valence-corrected chi connectivity index (χ4v) is 4.08. The molecule has 1 unspecified atom stereocenters. The standard InChI is InChI=1S/C21H31N5O2S/c1-14(19(27)23-16-7-5-6-8-16)29-20-25-24-18(26(20)22)13-28-17-11-9-15(10-12-17)21(2,3)4/h9-12,14,16H,5-8,13,22H2,1-4H3,(H,23,27). The van der Waals surface area contributed by atoms with Crippen LogP contribution < -0.4 is 15.9 Å². The van der Waals surface area contributed by atoms with E-state index in [1.807, 2.05) is 19.1 Å². The molecule has 29 heavy (non-hydrogen) atoms. The van der Waals surface area contributed by atoms with E-state index >= 15 is 0 Å². The molecule has 1 fully saturated rings. The van der Waals surface area contributed by atoms with Gasteiger partial charge in [-0.25, -0.2) is 4.68 Å². The second-order valence-corrected chi connectivity index (χ2v) is 9.89. The third kappa shape index (κ3) is 5.65. The number of nitrogens with two attached hydrogens (primary N) is 1. The van der Waals surface area contributed by atoms with Crippen molar-refractivity contribution in [3.8, 4) is 5.75 Å². The van der Waals surface area contributed by atoms with Crippen LogP contribution in [0.1, 0.15) is 64.8 Å². The van der Waals surface area contributed by atoms with Gasteiger partial charge in [0.15, 0.2) is 5.82 Å². The van der Waals surface area contributed by atoms with Crippen molar-refractivity contribution < 1.29 is 9.53 Å². The Morgan fingerprint density at radius 1 is 1.28 bits per heavy atom. The number of nitrogen functional groups attached to an aromatic ring is 1. The summed E-state index contributed by atoms with van der Waals surface area (Å²) >= 11 is 1.31. The topological polar surface area (TPSA) is 95.1 Å². The summed E-state index contributed by atoms with van der Waals surface area (Å²) in [6.07, 6.45) is 4.50. The third-order valence-electron chi connectivity index (χ3n) is 5.18. The van der Waals surface area contributed by atoms with E-state index in [1.54, 1.807) is 0 Å². The zero-order valence-electron chi connectivity index (χ0n) is 17.6. The average Bonchev–Trinajstić information content (AvgIpc) is 3.30. The lowest BCUT2D eigenvalue weighted by Crippen LogP contribution is -2.37. The number of nitrogens with zero attached hydrogens (tertiary/aromatic N) is 3. The van der Waals surface area contributed by atoms with E-state index in [2.05, 4.69) is 48.4 Å². The summed E-state index contributed by atoms with van der Waals surface area (Å²) in [6, 6.07) is 8.32. The predicted molar refractivity (Wildman–Crippen MR) is 115 cm³/mol. The molecule has 8 heteroatoms. The molecule has 1 saturated carbocycles. The largest absolute Gasteiger partial charge is 0.486 e. The minimum Gasteiger partial charge on any atom is -0.486 e. The van der Waals surface area contributed by atoms with Gasteiger partial charge in [0.1, 0.15) is 12.4 Å². The molecule has 3 rings (SSSR count). The first-order chi connectivity index (χ1) is 13.7. The van der Waals surface area contributed by atoms with E-state index in [0.717, 1.165) is 18.6 Å². The molecule has 0 saturated heterocycles. The Kier molecular flexibility index (Phi) is 6.72. The van der Waals surface area contributed by atoms with Crippen molar-refractivity contribution in [3.63, 3.8) is 0 Å². The van der Waals surface area contributed by atoms with Gasteiger partial charge in [0, 0.05) is 6.04 Å². The van der Waals surface area contributed by atoms with Crippen molar-refractivity contribution in [1.29, 1.82) is 0 Å². The number of ether oxygens (including phenoxy) is 1. The van der Waals surface area contributed by atoms with Gasteiger partial charge in [-0.2, -0.15) is 0 Å². The maximum atomic E-state index is 12.4. The molecule has 0 bridgehead atoms. The van der Waals surface area contributed by atoms with Gasteiger partial charge in [-0.3, -0.25) is 4.79 Å². The number of thioether (sulfide) groups is 1. The minimum atomic E-state index is -0.291. The van der Waals surface area contributed by atoms with Gasteiger partial charge in [-0.1, -0.05) is 57.5 Å². The first kappa shape index (κ1) is 21.5. The molecule has 0 radical (unpaired) electrons. The molecule has 3 N–H and O–H groups in total. The van der Waals surface area contributed by atoms with Crippen molar-refractivity contribution in [2.24, 2.45) is 0 Å². The zero-order chi connectivity index (χ0) is 21.0. The summed E-state index contributed by atoms with van der Waals surface area (Å²) in [4.78, 5) is 12.4. The predicted octanol–water partition coefficient (Wildman–Crippen LogP) is 3.41. The minimum absolute atomic E-state index is 0.0154. The summed E-state index contributed by atoms with van der Waals surface area (Å²) in [7, 11) is 0. The Hall–Kier alpha value is -2.22. The van der Waals surface area contributed by atoms with E-state index in [0.29, 0.717) is 17.0 Å². The molecule has 2 aromatic rings. The molecule has 1 aromatic carbocycles. The monoisotopic (exact) mass is 417 g/mol. The van der Waals surface area contributed by atoms with Crippen LogP contribution >= 0.6 is 11.8 Å². The second kappa shape index (κ2) is 9.07. The first-order valence-corrected chi connectivity index (χ1v) is 11.0. The average molecular weight is 418 g/mol. The number of benzene rings is 1. The summed E-state index contributed by atoms with van der Waals surface area (Å²) in [6.45, 7) is 8.59. The molecular weight excluding hydrogens is 386 g/mol. The molecule has 1 heterocycles. The van der Waals surface area contributed by atoms with Gasteiger partial charge < -0.3 is 15.9 Å². The molecule has 158 valence electrons. The summed E-state index contributed by atoms with van der Waals surface area (Å²) < 4.78 is 7.20. The van der Waals surface area contributed by atoms with Crippen molar-refractivity contribution >= 4 is 17.7 Å². The number of hydrogen-bond acceptors (Lipinski definition) is 6. The zero-order valence-corrected chi connectivity index (χ0v) is 18.5. The van der Waals surface area contributed by atoms with Crippen LogP contribution in [0, 0.1) is 0 Å². The fourth-order valence-electron chi connectivity index (χ4n) is 3.29. The molecule has 7 nitrogen and oxygen atoms in total. The normalized spacial score (nSPS) is 16.0. The number of nitrogens with one attached hydrogen (secondary N) is 1. The number of hydrogen-bond donors (Lipinski definition) is 2. The molecule has 1 aliphatic rings.